The third-order valence-corrected chi connectivity index (χ3v) is 3.45. The van der Waals surface area contributed by atoms with Gasteiger partial charge in [-0.1, -0.05) is 6.07 Å². The van der Waals surface area contributed by atoms with Crippen molar-refractivity contribution in [3.05, 3.63) is 53.9 Å². The Morgan fingerprint density at radius 2 is 2.15 bits per heavy atom. The molecular weight excluding hydrogens is 272 g/mol. The van der Waals surface area contributed by atoms with Crippen LogP contribution in [0.3, 0.4) is 0 Å². The van der Waals surface area contributed by atoms with Crippen LogP contribution in [0, 0.1) is 6.92 Å². The second-order valence-electron chi connectivity index (χ2n) is 4.87. The molecule has 0 aliphatic heterocycles. The van der Waals surface area contributed by atoms with E-state index >= 15 is 0 Å². The number of hydrogen-bond donors (Lipinski definition) is 0. The molecule has 0 saturated heterocycles. The summed E-state index contributed by atoms with van der Waals surface area (Å²) in [6.07, 6.45) is 3.30. The smallest absolute Gasteiger partial charge is 0.128 e. The maximum absolute atomic E-state index is 6.27. The molecule has 20 heavy (non-hydrogen) atoms. The number of benzene rings is 1. The van der Waals surface area contributed by atoms with E-state index in [2.05, 4.69) is 44.6 Å². The molecule has 2 aromatic heterocycles. The molecule has 102 valence electrons. The van der Waals surface area contributed by atoms with Crippen LogP contribution in [-0.2, 0) is 6.54 Å². The molecule has 0 aliphatic rings. The van der Waals surface area contributed by atoms with Crippen LogP contribution in [0.5, 0.6) is 0 Å². The monoisotopic (exact) mass is 286 g/mol. The number of aryl methyl sites for hydroxylation is 1. The quantitative estimate of drug-likeness (QED) is 0.692. The first kappa shape index (κ1) is 13.1. The summed E-state index contributed by atoms with van der Waals surface area (Å²) in [6, 6.07) is 8.15. The fourth-order valence-corrected chi connectivity index (χ4v) is 2.47. The van der Waals surface area contributed by atoms with Gasteiger partial charge in [0.2, 0.25) is 0 Å². The first-order valence-electron chi connectivity index (χ1n) is 6.51. The van der Waals surface area contributed by atoms with Crippen LogP contribution in [0.2, 0.25) is 0 Å². The van der Waals surface area contributed by atoms with Crippen LogP contribution in [0.25, 0.3) is 11.0 Å². The maximum Gasteiger partial charge on any atom is 0.128 e. The second-order valence-corrected chi connectivity index (χ2v) is 5.52. The highest BCUT2D eigenvalue weighted by molar-refractivity contribution is 6.20. The summed E-state index contributed by atoms with van der Waals surface area (Å²) >= 11 is 6.27. The van der Waals surface area contributed by atoms with Crippen molar-refractivity contribution in [3.8, 4) is 0 Å². The van der Waals surface area contributed by atoms with Crippen molar-refractivity contribution in [2.45, 2.75) is 25.8 Å². The molecule has 0 bridgehead atoms. The van der Waals surface area contributed by atoms with Crippen LogP contribution in [-0.4, -0.2) is 19.5 Å². The number of fused-ring (bicyclic) bond motifs is 1. The number of aromatic nitrogens is 4. The van der Waals surface area contributed by atoms with E-state index in [1.54, 1.807) is 12.5 Å². The van der Waals surface area contributed by atoms with Gasteiger partial charge in [0.1, 0.15) is 12.2 Å². The van der Waals surface area contributed by atoms with Gasteiger partial charge in [0.05, 0.1) is 28.6 Å². The van der Waals surface area contributed by atoms with Gasteiger partial charge in [-0.3, -0.25) is 0 Å². The van der Waals surface area contributed by atoms with Gasteiger partial charge < -0.3 is 4.57 Å². The average Bonchev–Trinajstić information content (AvgIpc) is 2.78. The maximum atomic E-state index is 6.27. The van der Waals surface area contributed by atoms with Gasteiger partial charge >= 0.3 is 0 Å². The highest BCUT2D eigenvalue weighted by atomic mass is 35.5. The van der Waals surface area contributed by atoms with Gasteiger partial charge in [-0.25, -0.2) is 15.0 Å². The number of hydrogen-bond acceptors (Lipinski definition) is 3. The molecule has 1 unspecified atom stereocenters. The number of nitrogens with zero attached hydrogens (tertiary/aromatic N) is 4. The molecule has 2 heterocycles. The molecule has 4 nitrogen and oxygen atoms in total. The van der Waals surface area contributed by atoms with Crippen molar-refractivity contribution in [1.82, 2.24) is 19.5 Å². The van der Waals surface area contributed by atoms with Crippen molar-refractivity contribution in [1.29, 1.82) is 0 Å². The first-order chi connectivity index (χ1) is 9.65. The minimum Gasteiger partial charge on any atom is -0.321 e. The first-order valence-corrected chi connectivity index (χ1v) is 6.94. The van der Waals surface area contributed by atoms with Gasteiger partial charge in [0.15, 0.2) is 0 Å². The molecule has 5 heteroatoms. The molecule has 0 N–H and O–H groups in total. The van der Waals surface area contributed by atoms with Crippen molar-refractivity contribution in [3.63, 3.8) is 0 Å². The minimum atomic E-state index is -0.149. The molecule has 0 radical (unpaired) electrons. The summed E-state index contributed by atoms with van der Waals surface area (Å²) in [7, 11) is 0. The lowest BCUT2D eigenvalue weighted by atomic mass is 10.2. The molecule has 3 rings (SSSR count). The van der Waals surface area contributed by atoms with E-state index < -0.39 is 0 Å². The van der Waals surface area contributed by atoms with Crippen molar-refractivity contribution in [2.75, 3.05) is 0 Å². The van der Waals surface area contributed by atoms with E-state index in [0.717, 1.165) is 22.6 Å². The Morgan fingerprint density at radius 3 is 2.85 bits per heavy atom. The fourth-order valence-electron chi connectivity index (χ4n) is 2.30. The van der Waals surface area contributed by atoms with Crippen molar-refractivity contribution < 1.29 is 0 Å². The van der Waals surface area contributed by atoms with Crippen LogP contribution in [0.4, 0.5) is 0 Å². The van der Waals surface area contributed by atoms with E-state index in [9.17, 15) is 0 Å². The summed E-state index contributed by atoms with van der Waals surface area (Å²) in [5.41, 5.74) is 4.19. The van der Waals surface area contributed by atoms with Gasteiger partial charge in [-0.2, -0.15) is 0 Å². The Hall–Kier alpha value is -1.94. The summed E-state index contributed by atoms with van der Waals surface area (Å²) in [4.78, 5) is 12.9. The number of halogens is 1. The molecule has 1 atom stereocenters. The lowest BCUT2D eigenvalue weighted by Gasteiger charge is -2.09. The Bertz CT molecular complexity index is 734. The fraction of sp³-hybridized carbons (Fsp3) is 0.267. The van der Waals surface area contributed by atoms with E-state index in [-0.39, 0.29) is 5.38 Å². The Kier molecular flexibility index (Phi) is 3.40. The molecule has 0 spiro atoms. The zero-order valence-corrected chi connectivity index (χ0v) is 12.2. The molecule has 0 amide bonds. The Labute approximate surface area is 122 Å². The number of alkyl halides is 1. The summed E-state index contributed by atoms with van der Waals surface area (Å²) < 4.78 is 2.12. The normalized spacial score (nSPS) is 12.8. The zero-order valence-electron chi connectivity index (χ0n) is 11.4. The second kappa shape index (κ2) is 5.21. The van der Waals surface area contributed by atoms with Gasteiger partial charge in [0.25, 0.3) is 0 Å². The van der Waals surface area contributed by atoms with Crippen molar-refractivity contribution >= 4 is 22.6 Å². The third kappa shape index (κ3) is 2.39. The Morgan fingerprint density at radius 1 is 1.30 bits per heavy atom. The molecular formula is C15H15ClN4. The Balaban J connectivity index is 2.14. The van der Waals surface area contributed by atoms with Gasteiger partial charge in [-0.05, 0) is 37.6 Å². The highest BCUT2D eigenvalue weighted by Gasteiger charge is 2.15. The predicted molar refractivity (Wildman–Crippen MR) is 79.9 cm³/mol. The molecule has 1 aromatic carbocycles. The van der Waals surface area contributed by atoms with Crippen LogP contribution < -0.4 is 0 Å². The number of rotatable bonds is 3. The van der Waals surface area contributed by atoms with Crippen LogP contribution >= 0.6 is 11.6 Å². The van der Waals surface area contributed by atoms with E-state index in [0.29, 0.717) is 6.54 Å². The molecule has 0 aliphatic carbocycles. The number of imidazole rings is 1. The summed E-state index contributed by atoms with van der Waals surface area (Å²) in [5.74, 6) is 0.867. The SMILES string of the molecule is Cc1ccc2c(c1)nc(C(C)Cl)n2Cc1ccncn1. The summed E-state index contributed by atoms with van der Waals surface area (Å²) in [5, 5.41) is -0.149. The van der Waals surface area contributed by atoms with E-state index in [4.69, 9.17) is 11.6 Å². The topological polar surface area (TPSA) is 43.6 Å². The van der Waals surface area contributed by atoms with Crippen LogP contribution in [0.1, 0.15) is 29.4 Å². The van der Waals surface area contributed by atoms with Gasteiger partial charge in [0, 0.05) is 6.20 Å². The standard InChI is InChI=1S/C15H15ClN4/c1-10-3-4-14-13(7-10)19-15(11(2)16)20(14)8-12-5-6-17-9-18-12/h3-7,9,11H,8H2,1-2H3. The largest absolute Gasteiger partial charge is 0.321 e. The molecule has 0 fully saturated rings. The zero-order chi connectivity index (χ0) is 14.1. The third-order valence-electron chi connectivity index (χ3n) is 3.25. The minimum absolute atomic E-state index is 0.149. The van der Waals surface area contributed by atoms with E-state index in [1.165, 1.54) is 5.56 Å². The van der Waals surface area contributed by atoms with Gasteiger partial charge in [-0.15, -0.1) is 11.6 Å². The van der Waals surface area contributed by atoms with Crippen LogP contribution in [0.15, 0.2) is 36.8 Å². The molecule has 0 saturated carbocycles. The predicted octanol–water partition coefficient (Wildman–Crippen LogP) is 3.48. The van der Waals surface area contributed by atoms with Crippen molar-refractivity contribution in [2.24, 2.45) is 0 Å². The van der Waals surface area contributed by atoms with E-state index in [1.807, 2.05) is 13.0 Å². The average molecular weight is 287 g/mol. The molecule has 3 aromatic rings. The lowest BCUT2D eigenvalue weighted by Crippen LogP contribution is -2.07. The highest BCUT2D eigenvalue weighted by Crippen LogP contribution is 2.25. The lowest BCUT2D eigenvalue weighted by molar-refractivity contribution is 0.725. The summed E-state index contributed by atoms with van der Waals surface area (Å²) in [6.45, 7) is 4.65.